The molecular formula is C17H19NaO6S. The van der Waals surface area contributed by atoms with Gasteiger partial charge in [-0.05, 0) is 73.1 Å². The maximum absolute atomic E-state index is 12.0. The summed E-state index contributed by atoms with van der Waals surface area (Å²) in [5, 5.41) is 10.1. The standard InChI is InChI=1S/C17H20O6S.Na/c18-15-6-5-11-10-2-1-9-7-17(23-24(20,21)22)16(19)8-14(9)12(10)3-4-13(11)15;/h7-8,10-13,19H,1-6H2,(H,20,21,22);/q;+1/p-1/t10-,11-,12-,13-;/m0./s1. The van der Waals surface area contributed by atoms with E-state index < -0.39 is 10.4 Å². The number of rotatable bonds is 2. The van der Waals surface area contributed by atoms with Gasteiger partial charge in [0.15, 0.2) is 11.5 Å². The van der Waals surface area contributed by atoms with Crippen molar-refractivity contribution in [3.8, 4) is 11.5 Å². The van der Waals surface area contributed by atoms with E-state index in [9.17, 15) is 22.9 Å². The van der Waals surface area contributed by atoms with Gasteiger partial charge in [0.25, 0.3) is 10.4 Å². The maximum atomic E-state index is 12.0. The first kappa shape index (κ1) is 19.2. The van der Waals surface area contributed by atoms with Crippen LogP contribution >= 0.6 is 0 Å². The van der Waals surface area contributed by atoms with Gasteiger partial charge in [0, 0.05) is 12.3 Å². The van der Waals surface area contributed by atoms with Crippen LogP contribution in [0.15, 0.2) is 12.1 Å². The molecule has 3 aliphatic carbocycles. The summed E-state index contributed by atoms with van der Waals surface area (Å²) in [6.07, 6.45) is 5.12. The number of hydrogen-bond acceptors (Lipinski definition) is 6. The van der Waals surface area contributed by atoms with Crippen LogP contribution in [0, 0.1) is 17.8 Å². The van der Waals surface area contributed by atoms with E-state index in [-0.39, 0.29) is 52.9 Å². The Bertz CT molecular complexity index is 806. The van der Waals surface area contributed by atoms with Crippen LogP contribution in [0.25, 0.3) is 0 Å². The Labute approximate surface area is 169 Å². The fourth-order valence-corrected chi connectivity index (χ4v) is 5.54. The Hall–Kier alpha value is -0.600. The van der Waals surface area contributed by atoms with Gasteiger partial charge in [-0.2, -0.15) is 0 Å². The number of phenolic OH excluding ortho intramolecular Hbond substituents is 1. The Morgan fingerprint density at radius 2 is 1.68 bits per heavy atom. The number of aromatic hydroxyl groups is 1. The molecule has 1 aromatic rings. The van der Waals surface area contributed by atoms with E-state index in [1.54, 1.807) is 6.07 Å². The number of fused-ring (bicyclic) bond motifs is 5. The maximum Gasteiger partial charge on any atom is 1.00 e. The number of hydrogen-bond donors (Lipinski definition) is 1. The number of phenols is 1. The summed E-state index contributed by atoms with van der Waals surface area (Å²) in [4.78, 5) is 12.0. The molecule has 1 aromatic carbocycles. The largest absolute Gasteiger partial charge is 1.00 e. The molecule has 0 bridgehead atoms. The van der Waals surface area contributed by atoms with E-state index >= 15 is 0 Å². The number of Topliss-reactive ketones (excluding diaryl/α,β-unsaturated/α-hetero) is 1. The van der Waals surface area contributed by atoms with Gasteiger partial charge >= 0.3 is 29.6 Å². The zero-order valence-corrected chi connectivity index (χ0v) is 16.9. The molecule has 0 radical (unpaired) electrons. The minimum Gasteiger partial charge on any atom is -0.716 e. The summed E-state index contributed by atoms with van der Waals surface area (Å²) >= 11 is 0. The van der Waals surface area contributed by atoms with Crippen molar-refractivity contribution in [2.24, 2.45) is 17.8 Å². The van der Waals surface area contributed by atoms with Crippen molar-refractivity contribution >= 4 is 16.2 Å². The first-order valence-corrected chi connectivity index (χ1v) is 9.70. The van der Waals surface area contributed by atoms with Crippen molar-refractivity contribution in [1.29, 1.82) is 0 Å². The third kappa shape index (κ3) is 3.49. The van der Waals surface area contributed by atoms with Crippen LogP contribution in [-0.2, 0) is 21.6 Å². The van der Waals surface area contributed by atoms with Gasteiger partial charge in [-0.25, -0.2) is 8.42 Å². The Morgan fingerprint density at radius 3 is 2.40 bits per heavy atom. The Kier molecular flexibility index (Phi) is 5.25. The minimum atomic E-state index is -4.91. The number of ketones is 1. The van der Waals surface area contributed by atoms with Crippen molar-refractivity contribution in [2.75, 3.05) is 0 Å². The van der Waals surface area contributed by atoms with Gasteiger partial charge in [0.05, 0.1) is 0 Å². The molecule has 2 fully saturated rings. The topological polar surface area (TPSA) is 104 Å². The third-order valence-electron chi connectivity index (χ3n) is 6.07. The summed E-state index contributed by atoms with van der Waals surface area (Å²) in [6.45, 7) is 0. The van der Waals surface area contributed by atoms with Gasteiger partial charge in [0.1, 0.15) is 5.78 Å². The quantitative estimate of drug-likeness (QED) is 0.416. The van der Waals surface area contributed by atoms with Gasteiger partial charge in [0.2, 0.25) is 0 Å². The van der Waals surface area contributed by atoms with E-state index in [4.69, 9.17) is 0 Å². The van der Waals surface area contributed by atoms with Gasteiger partial charge in [-0.3, -0.25) is 4.79 Å². The molecule has 4 atom stereocenters. The average Bonchev–Trinajstić information content (AvgIpc) is 2.88. The van der Waals surface area contributed by atoms with E-state index in [2.05, 4.69) is 4.18 Å². The van der Waals surface area contributed by atoms with Crippen LogP contribution in [0.1, 0.15) is 49.1 Å². The zero-order chi connectivity index (χ0) is 17.1. The Balaban J connectivity index is 0.00000182. The summed E-state index contributed by atoms with van der Waals surface area (Å²) in [5.74, 6) is 1.14. The fraction of sp³-hybridized carbons (Fsp3) is 0.588. The molecule has 6 nitrogen and oxygen atoms in total. The predicted octanol–water partition coefficient (Wildman–Crippen LogP) is -0.730. The van der Waals surface area contributed by atoms with Crippen LogP contribution < -0.4 is 33.7 Å². The monoisotopic (exact) mass is 374 g/mol. The van der Waals surface area contributed by atoms with Crippen molar-refractivity contribution in [2.45, 2.75) is 44.4 Å². The normalized spacial score (nSPS) is 30.7. The molecular weight excluding hydrogens is 355 g/mol. The summed E-state index contributed by atoms with van der Waals surface area (Å²) in [5.41, 5.74) is 1.94. The smallest absolute Gasteiger partial charge is 0.716 e. The average molecular weight is 374 g/mol. The number of carbonyl (C=O) groups is 1. The molecule has 0 saturated heterocycles. The van der Waals surface area contributed by atoms with Crippen LogP contribution in [0.4, 0.5) is 0 Å². The van der Waals surface area contributed by atoms with E-state index in [1.165, 1.54) is 6.07 Å². The first-order valence-electron chi connectivity index (χ1n) is 8.37. The fourth-order valence-electron chi connectivity index (χ4n) is 5.18. The molecule has 25 heavy (non-hydrogen) atoms. The minimum absolute atomic E-state index is 0. The van der Waals surface area contributed by atoms with Gasteiger partial charge in [-0.15, -0.1) is 0 Å². The molecule has 0 aromatic heterocycles. The van der Waals surface area contributed by atoms with Crippen LogP contribution in [-0.4, -0.2) is 23.9 Å². The SMILES string of the molecule is O=C1CC[C@H]2[C@@H]3CCc4cc(OS(=O)(=O)[O-])c(O)cc4[C@H]3CC[C@H]12.[Na+]. The summed E-state index contributed by atoms with van der Waals surface area (Å²) < 4.78 is 36.7. The van der Waals surface area contributed by atoms with Crippen molar-refractivity contribution in [1.82, 2.24) is 0 Å². The van der Waals surface area contributed by atoms with E-state index in [1.807, 2.05) is 0 Å². The molecule has 1 N–H and O–H groups in total. The molecule has 8 heteroatoms. The predicted molar refractivity (Wildman–Crippen MR) is 83.4 cm³/mol. The van der Waals surface area contributed by atoms with Crippen molar-refractivity contribution < 1.29 is 56.6 Å². The molecule has 2 saturated carbocycles. The van der Waals surface area contributed by atoms with Crippen LogP contribution in [0.2, 0.25) is 0 Å². The molecule has 4 rings (SSSR count). The van der Waals surface area contributed by atoms with Crippen molar-refractivity contribution in [3.05, 3.63) is 23.3 Å². The van der Waals surface area contributed by atoms with Crippen molar-refractivity contribution in [3.63, 3.8) is 0 Å². The zero-order valence-electron chi connectivity index (χ0n) is 14.1. The molecule has 0 unspecified atom stereocenters. The third-order valence-corrected chi connectivity index (χ3v) is 6.45. The second-order valence-corrected chi connectivity index (χ2v) is 8.16. The van der Waals surface area contributed by atoms with E-state index in [0.717, 1.165) is 43.2 Å². The second kappa shape index (κ2) is 6.85. The molecule has 130 valence electrons. The number of aryl methyl sites for hydroxylation is 1. The molecule has 0 heterocycles. The second-order valence-electron chi connectivity index (χ2n) is 7.17. The molecule has 0 spiro atoms. The van der Waals surface area contributed by atoms with E-state index in [0.29, 0.717) is 24.0 Å². The van der Waals surface area contributed by atoms with Gasteiger partial charge < -0.3 is 13.8 Å². The summed E-state index contributed by atoms with van der Waals surface area (Å²) in [7, 11) is -4.91. The molecule has 3 aliphatic rings. The van der Waals surface area contributed by atoms with Gasteiger partial charge in [-0.1, -0.05) is 0 Å². The van der Waals surface area contributed by atoms with Crippen LogP contribution in [0.3, 0.4) is 0 Å². The Morgan fingerprint density at radius 1 is 1.04 bits per heavy atom. The number of carbonyl (C=O) groups excluding carboxylic acids is 1. The first-order chi connectivity index (χ1) is 11.3. The summed E-state index contributed by atoms with van der Waals surface area (Å²) in [6, 6.07) is 3.02. The molecule has 0 aliphatic heterocycles. The number of benzene rings is 1. The van der Waals surface area contributed by atoms with Crippen LogP contribution in [0.5, 0.6) is 11.5 Å². The molecule has 0 amide bonds.